The first-order valence-electron chi connectivity index (χ1n) is 10.9. The summed E-state index contributed by atoms with van der Waals surface area (Å²) in [5.41, 5.74) is 5.02. The molecule has 0 aliphatic rings. The second kappa shape index (κ2) is 11.6. The van der Waals surface area contributed by atoms with Crippen LogP contribution in [0.15, 0.2) is 53.9 Å². The molecular formula is C25H31N3O2S. The van der Waals surface area contributed by atoms with Crippen LogP contribution >= 0.6 is 11.3 Å². The topological polar surface area (TPSA) is 74.2 Å². The van der Waals surface area contributed by atoms with Gasteiger partial charge < -0.3 is 10.4 Å². The lowest BCUT2D eigenvalue weighted by Crippen LogP contribution is -2.12. The van der Waals surface area contributed by atoms with Crippen LogP contribution < -0.4 is 10.6 Å². The first kappa shape index (κ1) is 23.0. The molecule has 6 heteroatoms. The van der Waals surface area contributed by atoms with Gasteiger partial charge in [-0.05, 0) is 48.1 Å². The first-order chi connectivity index (χ1) is 15.1. The molecule has 3 aromatic rings. The van der Waals surface area contributed by atoms with E-state index in [2.05, 4.69) is 53.7 Å². The van der Waals surface area contributed by atoms with Gasteiger partial charge in [0.25, 0.3) is 5.91 Å². The number of aliphatic hydroxyl groups excluding tert-OH is 1. The van der Waals surface area contributed by atoms with Crippen LogP contribution in [0.2, 0.25) is 0 Å². The molecule has 1 atom stereocenters. The molecule has 31 heavy (non-hydrogen) atoms. The highest BCUT2D eigenvalue weighted by Gasteiger charge is 2.10. The molecule has 1 unspecified atom stereocenters. The summed E-state index contributed by atoms with van der Waals surface area (Å²) < 4.78 is 0. The number of hydrogen-bond donors (Lipinski definition) is 3. The fraction of sp³-hybridized carbons (Fsp3) is 0.360. The molecule has 0 aliphatic heterocycles. The second-order valence-corrected chi connectivity index (χ2v) is 8.69. The molecule has 164 valence electrons. The van der Waals surface area contributed by atoms with Crippen LogP contribution in [-0.2, 0) is 19.4 Å². The van der Waals surface area contributed by atoms with E-state index in [-0.39, 0.29) is 12.5 Å². The van der Waals surface area contributed by atoms with Gasteiger partial charge in [-0.25, -0.2) is 4.98 Å². The minimum Gasteiger partial charge on any atom is -0.396 e. The zero-order chi connectivity index (χ0) is 22.1. The summed E-state index contributed by atoms with van der Waals surface area (Å²) in [6.45, 7) is 5.30. The minimum atomic E-state index is -0.181. The molecule has 3 N–H and O–H groups in total. The summed E-state index contributed by atoms with van der Waals surface area (Å²) in [5, 5.41) is 17.7. The number of para-hydroxylation sites is 1. The predicted octanol–water partition coefficient (Wildman–Crippen LogP) is 5.52. The van der Waals surface area contributed by atoms with E-state index >= 15 is 0 Å². The number of amides is 1. The van der Waals surface area contributed by atoms with Gasteiger partial charge in [0, 0.05) is 36.2 Å². The summed E-state index contributed by atoms with van der Waals surface area (Å²) in [5.74, 6) is 0.553. The predicted molar refractivity (Wildman–Crippen MR) is 129 cm³/mol. The highest BCUT2D eigenvalue weighted by atomic mass is 32.1. The minimum absolute atomic E-state index is 0.0506. The first-order valence-corrected chi connectivity index (χ1v) is 11.7. The maximum atomic E-state index is 12.5. The lowest BCUT2D eigenvalue weighted by Gasteiger charge is -2.14. The lowest BCUT2D eigenvalue weighted by atomic mass is 9.98. The van der Waals surface area contributed by atoms with Crippen molar-refractivity contribution in [3.63, 3.8) is 0 Å². The largest absolute Gasteiger partial charge is 0.396 e. The molecule has 0 saturated carbocycles. The Bertz CT molecular complexity index is 969. The Morgan fingerprint density at radius 1 is 1.13 bits per heavy atom. The van der Waals surface area contributed by atoms with E-state index in [4.69, 9.17) is 5.11 Å². The summed E-state index contributed by atoms with van der Waals surface area (Å²) in [7, 11) is 0. The van der Waals surface area contributed by atoms with Gasteiger partial charge in [-0.1, -0.05) is 50.6 Å². The molecule has 0 aliphatic carbocycles. The van der Waals surface area contributed by atoms with Crippen LogP contribution in [-0.4, -0.2) is 22.6 Å². The van der Waals surface area contributed by atoms with Crippen LogP contribution in [0.5, 0.6) is 0 Å². The van der Waals surface area contributed by atoms with Crippen molar-refractivity contribution in [2.24, 2.45) is 5.92 Å². The number of aryl methyl sites for hydroxylation is 1. The standard InChI is InChI=1S/C25H31N3O2S/c1-3-18(2)8-11-20-6-4-5-7-23(20)26-16-19-9-12-21(13-10-19)24(30)28-25-27-22(14-15-29)17-31-25/h4-7,9-10,12-13,17-18,26,29H,3,8,11,14-16H2,1-2H3,(H,27,28,30). The van der Waals surface area contributed by atoms with Crippen molar-refractivity contribution in [3.8, 4) is 0 Å². The SMILES string of the molecule is CCC(C)CCc1ccccc1NCc1ccc(C(=O)Nc2nc(CCO)cs2)cc1. The van der Waals surface area contributed by atoms with Crippen molar-refractivity contribution in [3.05, 3.63) is 76.3 Å². The van der Waals surface area contributed by atoms with Gasteiger partial charge in [0.1, 0.15) is 0 Å². The van der Waals surface area contributed by atoms with Crippen molar-refractivity contribution < 1.29 is 9.90 Å². The van der Waals surface area contributed by atoms with Gasteiger partial charge in [-0.3, -0.25) is 10.1 Å². The maximum absolute atomic E-state index is 12.5. The number of rotatable bonds is 11. The highest BCUT2D eigenvalue weighted by molar-refractivity contribution is 7.14. The van der Waals surface area contributed by atoms with Gasteiger partial charge in [0.05, 0.1) is 5.69 Å². The van der Waals surface area contributed by atoms with Crippen LogP contribution in [0.4, 0.5) is 10.8 Å². The number of anilines is 2. The number of nitrogens with zero attached hydrogens (tertiary/aromatic N) is 1. The fourth-order valence-electron chi connectivity index (χ4n) is 3.25. The summed E-state index contributed by atoms with van der Waals surface area (Å²) in [6, 6.07) is 16.1. The molecule has 0 fully saturated rings. The molecular weight excluding hydrogens is 406 g/mol. The van der Waals surface area contributed by atoms with Gasteiger partial charge in [-0.2, -0.15) is 0 Å². The number of aromatic nitrogens is 1. The van der Waals surface area contributed by atoms with E-state index in [1.54, 1.807) is 0 Å². The van der Waals surface area contributed by atoms with Crippen LogP contribution in [0.3, 0.4) is 0 Å². The van der Waals surface area contributed by atoms with E-state index in [1.165, 1.54) is 35.4 Å². The average molecular weight is 438 g/mol. The third kappa shape index (κ3) is 6.91. The zero-order valence-electron chi connectivity index (χ0n) is 18.2. The van der Waals surface area contributed by atoms with Gasteiger partial charge in [0.2, 0.25) is 0 Å². The molecule has 0 spiro atoms. The van der Waals surface area contributed by atoms with E-state index in [0.717, 1.165) is 23.6 Å². The molecule has 1 heterocycles. The van der Waals surface area contributed by atoms with Gasteiger partial charge in [-0.15, -0.1) is 11.3 Å². The monoisotopic (exact) mass is 437 g/mol. The van der Waals surface area contributed by atoms with Crippen molar-refractivity contribution in [1.29, 1.82) is 0 Å². The number of carbonyl (C=O) groups is 1. The van der Waals surface area contributed by atoms with Crippen LogP contribution in [0, 0.1) is 5.92 Å². The normalized spacial score (nSPS) is 11.8. The molecule has 0 radical (unpaired) electrons. The van der Waals surface area contributed by atoms with Crippen LogP contribution in [0.1, 0.15) is 53.9 Å². The number of aliphatic hydroxyl groups is 1. The zero-order valence-corrected chi connectivity index (χ0v) is 19.0. The van der Waals surface area contributed by atoms with Crippen LogP contribution in [0.25, 0.3) is 0 Å². The molecule has 2 aromatic carbocycles. The molecule has 0 bridgehead atoms. The Kier molecular flexibility index (Phi) is 8.62. The summed E-state index contributed by atoms with van der Waals surface area (Å²) >= 11 is 1.37. The van der Waals surface area contributed by atoms with E-state index < -0.39 is 0 Å². The fourth-order valence-corrected chi connectivity index (χ4v) is 3.99. The number of thiazole rings is 1. The van der Waals surface area contributed by atoms with E-state index in [1.807, 2.05) is 29.6 Å². The van der Waals surface area contributed by atoms with Gasteiger partial charge >= 0.3 is 0 Å². The smallest absolute Gasteiger partial charge is 0.257 e. The van der Waals surface area contributed by atoms with E-state index in [9.17, 15) is 4.79 Å². The molecule has 3 rings (SSSR count). The molecule has 1 aromatic heterocycles. The third-order valence-electron chi connectivity index (χ3n) is 5.46. The van der Waals surface area contributed by atoms with E-state index in [0.29, 0.717) is 23.7 Å². The van der Waals surface area contributed by atoms with Crippen molar-refractivity contribution in [2.75, 3.05) is 17.2 Å². The Hall–Kier alpha value is -2.70. The lowest BCUT2D eigenvalue weighted by molar-refractivity contribution is 0.102. The number of nitrogens with one attached hydrogen (secondary N) is 2. The highest BCUT2D eigenvalue weighted by Crippen LogP contribution is 2.21. The number of benzene rings is 2. The molecule has 5 nitrogen and oxygen atoms in total. The Balaban J connectivity index is 1.55. The summed E-state index contributed by atoms with van der Waals surface area (Å²) in [4.78, 5) is 16.8. The Morgan fingerprint density at radius 3 is 2.65 bits per heavy atom. The second-order valence-electron chi connectivity index (χ2n) is 7.83. The maximum Gasteiger partial charge on any atom is 0.257 e. The quantitative estimate of drug-likeness (QED) is 0.369. The average Bonchev–Trinajstić information content (AvgIpc) is 3.23. The summed E-state index contributed by atoms with van der Waals surface area (Å²) in [6.07, 6.45) is 3.98. The molecule has 0 saturated heterocycles. The van der Waals surface area contributed by atoms with Crippen molar-refractivity contribution in [2.45, 2.75) is 46.1 Å². The number of hydrogen-bond acceptors (Lipinski definition) is 5. The van der Waals surface area contributed by atoms with Gasteiger partial charge in [0.15, 0.2) is 5.13 Å². The third-order valence-corrected chi connectivity index (χ3v) is 6.27. The Morgan fingerprint density at radius 2 is 1.90 bits per heavy atom. The van der Waals surface area contributed by atoms with Crippen molar-refractivity contribution >= 4 is 28.1 Å². The molecule has 1 amide bonds. The number of carbonyl (C=O) groups excluding carboxylic acids is 1. The van der Waals surface area contributed by atoms with Crippen molar-refractivity contribution in [1.82, 2.24) is 4.98 Å². The Labute approximate surface area is 188 Å².